The highest BCUT2D eigenvalue weighted by Crippen LogP contribution is 2.05. The summed E-state index contributed by atoms with van der Waals surface area (Å²) in [5, 5.41) is 3.36. The van der Waals surface area contributed by atoms with Crippen LogP contribution in [0.5, 0.6) is 0 Å². The Morgan fingerprint density at radius 2 is 1.71 bits per heavy atom. The van der Waals surface area contributed by atoms with Crippen molar-refractivity contribution in [3.63, 3.8) is 0 Å². The minimum atomic E-state index is 0.357. The van der Waals surface area contributed by atoms with Gasteiger partial charge in [-0.05, 0) is 39.9 Å². The van der Waals surface area contributed by atoms with E-state index in [1.807, 2.05) is 19.9 Å². The van der Waals surface area contributed by atoms with Crippen LogP contribution in [0.3, 0.4) is 0 Å². The molecule has 1 aromatic rings. The smallest absolute Gasteiger partial charge is 0.223 e. The third-order valence-corrected chi connectivity index (χ3v) is 2.78. The van der Waals surface area contributed by atoms with Crippen LogP contribution in [0, 0.1) is 13.8 Å². The maximum atomic E-state index is 4.39. The van der Waals surface area contributed by atoms with Crippen LogP contribution in [-0.2, 0) is 0 Å². The highest BCUT2D eigenvalue weighted by molar-refractivity contribution is 5.28. The van der Waals surface area contributed by atoms with E-state index in [0.29, 0.717) is 6.04 Å². The van der Waals surface area contributed by atoms with Crippen molar-refractivity contribution in [3.05, 3.63) is 17.5 Å². The van der Waals surface area contributed by atoms with Crippen LogP contribution < -0.4 is 5.32 Å². The summed E-state index contributed by atoms with van der Waals surface area (Å²) in [6.07, 6.45) is 0. The number of aromatic nitrogens is 2. The van der Waals surface area contributed by atoms with Gasteiger partial charge in [-0.25, -0.2) is 9.97 Å². The lowest BCUT2D eigenvalue weighted by Crippen LogP contribution is -2.35. The second-order valence-electron chi connectivity index (χ2n) is 4.51. The Labute approximate surface area is 104 Å². The maximum Gasteiger partial charge on any atom is 0.223 e. The number of rotatable bonds is 6. The van der Waals surface area contributed by atoms with Gasteiger partial charge < -0.3 is 10.2 Å². The van der Waals surface area contributed by atoms with Gasteiger partial charge in [0.05, 0.1) is 0 Å². The summed E-state index contributed by atoms with van der Waals surface area (Å²) in [6.45, 7) is 13.7. The average Bonchev–Trinajstić information content (AvgIpc) is 2.24. The van der Waals surface area contributed by atoms with Crippen molar-refractivity contribution >= 4 is 5.95 Å². The minimum Gasteiger partial charge on any atom is -0.350 e. The number of likely N-dealkylation sites (N-methyl/N-ethyl adjacent to an activating group) is 1. The molecule has 0 saturated heterocycles. The molecule has 0 amide bonds. The lowest BCUT2D eigenvalue weighted by Gasteiger charge is -2.23. The molecule has 1 atom stereocenters. The second kappa shape index (κ2) is 6.55. The van der Waals surface area contributed by atoms with Crippen molar-refractivity contribution in [1.29, 1.82) is 0 Å². The van der Waals surface area contributed by atoms with E-state index in [0.717, 1.165) is 37.0 Å². The SMILES string of the molecule is CCN(CC)CC(C)Nc1nc(C)cc(C)n1. The van der Waals surface area contributed by atoms with E-state index < -0.39 is 0 Å². The standard InChI is InChI=1S/C13H24N4/c1-6-17(7-2)9-12(5)16-13-14-10(3)8-11(4)15-13/h8,12H,6-7,9H2,1-5H3,(H,14,15,16). The monoisotopic (exact) mass is 236 g/mol. The van der Waals surface area contributed by atoms with Gasteiger partial charge in [0.1, 0.15) is 0 Å². The second-order valence-corrected chi connectivity index (χ2v) is 4.51. The molecule has 1 unspecified atom stereocenters. The topological polar surface area (TPSA) is 41.0 Å². The molecule has 96 valence electrons. The third kappa shape index (κ3) is 4.69. The fourth-order valence-corrected chi connectivity index (χ4v) is 1.93. The predicted molar refractivity (Wildman–Crippen MR) is 72.4 cm³/mol. The first-order chi connectivity index (χ1) is 8.05. The Balaban J connectivity index is 2.58. The van der Waals surface area contributed by atoms with Gasteiger partial charge in [0.2, 0.25) is 5.95 Å². The highest BCUT2D eigenvalue weighted by Gasteiger charge is 2.08. The zero-order valence-electron chi connectivity index (χ0n) is 11.6. The van der Waals surface area contributed by atoms with Crippen LogP contribution in [-0.4, -0.2) is 40.5 Å². The zero-order chi connectivity index (χ0) is 12.8. The van der Waals surface area contributed by atoms with Crippen molar-refractivity contribution in [2.75, 3.05) is 25.0 Å². The van der Waals surface area contributed by atoms with Gasteiger partial charge in [0, 0.05) is 24.0 Å². The van der Waals surface area contributed by atoms with Crippen LogP contribution in [0.1, 0.15) is 32.2 Å². The number of nitrogens with zero attached hydrogens (tertiary/aromatic N) is 3. The Hall–Kier alpha value is -1.16. The van der Waals surface area contributed by atoms with Crippen molar-refractivity contribution in [1.82, 2.24) is 14.9 Å². The van der Waals surface area contributed by atoms with Crippen molar-refractivity contribution in [3.8, 4) is 0 Å². The Bertz CT molecular complexity index is 327. The van der Waals surface area contributed by atoms with Crippen molar-refractivity contribution in [2.45, 2.75) is 40.7 Å². The summed E-state index contributed by atoms with van der Waals surface area (Å²) in [5.41, 5.74) is 2.02. The molecular formula is C13H24N4. The number of aryl methyl sites for hydroxylation is 2. The fourth-order valence-electron chi connectivity index (χ4n) is 1.93. The summed E-state index contributed by atoms with van der Waals surface area (Å²) in [7, 11) is 0. The molecule has 17 heavy (non-hydrogen) atoms. The van der Waals surface area contributed by atoms with E-state index in [-0.39, 0.29) is 0 Å². The molecule has 1 N–H and O–H groups in total. The molecule has 0 bridgehead atoms. The molecule has 0 aromatic carbocycles. The highest BCUT2D eigenvalue weighted by atomic mass is 15.2. The van der Waals surface area contributed by atoms with E-state index in [1.54, 1.807) is 0 Å². The lowest BCUT2D eigenvalue weighted by molar-refractivity contribution is 0.294. The normalized spacial score (nSPS) is 12.8. The molecule has 4 heteroatoms. The first-order valence-electron chi connectivity index (χ1n) is 6.36. The lowest BCUT2D eigenvalue weighted by atomic mass is 10.3. The Morgan fingerprint density at radius 1 is 1.18 bits per heavy atom. The maximum absolute atomic E-state index is 4.39. The summed E-state index contributed by atoms with van der Waals surface area (Å²) in [6, 6.07) is 2.34. The Morgan fingerprint density at radius 3 is 2.18 bits per heavy atom. The van der Waals surface area contributed by atoms with Gasteiger partial charge >= 0.3 is 0 Å². The quantitative estimate of drug-likeness (QED) is 0.822. The molecule has 0 aliphatic carbocycles. The van der Waals surface area contributed by atoms with Gasteiger partial charge in [0.15, 0.2) is 0 Å². The number of hydrogen-bond acceptors (Lipinski definition) is 4. The van der Waals surface area contributed by atoms with E-state index in [1.165, 1.54) is 0 Å². The first kappa shape index (κ1) is 13.9. The molecule has 0 spiro atoms. The number of anilines is 1. The summed E-state index contributed by atoms with van der Waals surface area (Å²) >= 11 is 0. The van der Waals surface area contributed by atoms with Crippen LogP contribution in [0.4, 0.5) is 5.95 Å². The Kier molecular flexibility index (Phi) is 5.35. The molecule has 4 nitrogen and oxygen atoms in total. The minimum absolute atomic E-state index is 0.357. The molecule has 0 fully saturated rings. The molecule has 0 saturated carbocycles. The van der Waals surface area contributed by atoms with Gasteiger partial charge in [-0.1, -0.05) is 13.8 Å². The largest absolute Gasteiger partial charge is 0.350 e. The number of nitrogens with one attached hydrogen (secondary N) is 1. The molecular weight excluding hydrogens is 212 g/mol. The summed E-state index contributed by atoms with van der Waals surface area (Å²) in [5.74, 6) is 0.738. The third-order valence-electron chi connectivity index (χ3n) is 2.78. The van der Waals surface area contributed by atoms with E-state index in [9.17, 15) is 0 Å². The molecule has 1 aromatic heterocycles. The van der Waals surface area contributed by atoms with Gasteiger partial charge in [-0.2, -0.15) is 0 Å². The summed E-state index contributed by atoms with van der Waals surface area (Å²) in [4.78, 5) is 11.2. The average molecular weight is 236 g/mol. The van der Waals surface area contributed by atoms with Crippen LogP contribution in [0.2, 0.25) is 0 Å². The van der Waals surface area contributed by atoms with Crippen LogP contribution in [0.25, 0.3) is 0 Å². The fraction of sp³-hybridized carbons (Fsp3) is 0.692. The first-order valence-corrected chi connectivity index (χ1v) is 6.36. The number of hydrogen-bond donors (Lipinski definition) is 1. The van der Waals surface area contributed by atoms with E-state index in [4.69, 9.17) is 0 Å². The van der Waals surface area contributed by atoms with Gasteiger partial charge in [-0.15, -0.1) is 0 Å². The van der Waals surface area contributed by atoms with Crippen molar-refractivity contribution < 1.29 is 0 Å². The van der Waals surface area contributed by atoms with Gasteiger partial charge in [0.25, 0.3) is 0 Å². The van der Waals surface area contributed by atoms with Gasteiger partial charge in [-0.3, -0.25) is 0 Å². The van der Waals surface area contributed by atoms with E-state index in [2.05, 4.69) is 41.0 Å². The molecule has 0 radical (unpaired) electrons. The van der Waals surface area contributed by atoms with Crippen LogP contribution >= 0.6 is 0 Å². The molecule has 0 aliphatic rings. The van der Waals surface area contributed by atoms with Crippen molar-refractivity contribution in [2.24, 2.45) is 0 Å². The molecule has 1 heterocycles. The zero-order valence-corrected chi connectivity index (χ0v) is 11.6. The molecule has 0 aliphatic heterocycles. The predicted octanol–water partition coefficient (Wildman–Crippen LogP) is 2.24. The van der Waals surface area contributed by atoms with E-state index >= 15 is 0 Å². The summed E-state index contributed by atoms with van der Waals surface area (Å²) < 4.78 is 0. The molecule has 1 rings (SSSR count). The van der Waals surface area contributed by atoms with Crippen LogP contribution in [0.15, 0.2) is 6.07 Å².